The summed E-state index contributed by atoms with van der Waals surface area (Å²) in [6, 6.07) is 2.46. The molecule has 0 N–H and O–H groups in total. The number of hydrogen-bond acceptors (Lipinski definition) is 2. The molecule has 1 rings (SSSR count). The zero-order valence-corrected chi connectivity index (χ0v) is 8.14. The van der Waals surface area contributed by atoms with Crippen molar-refractivity contribution in [3.8, 4) is 6.07 Å². The smallest absolute Gasteiger partial charge is 0.0703 e. The molecule has 2 nitrogen and oxygen atoms in total. The largest absolute Gasteiger partial charge is 0.305 e. The molecule has 0 saturated heterocycles. The Morgan fingerprint density at radius 2 is 2.17 bits per heavy atom. The van der Waals surface area contributed by atoms with Crippen molar-refractivity contribution in [1.29, 1.82) is 5.26 Å². The van der Waals surface area contributed by atoms with Crippen molar-refractivity contribution in [2.75, 3.05) is 20.1 Å². The second-order valence-electron chi connectivity index (χ2n) is 3.98. The fourth-order valence-corrected chi connectivity index (χ4v) is 1.89. The average Bonchev–Trinajstić information content (AvgIpc) is 1.97. The van der Waals surface area contributed by atoms with Crippen LogP contribution in [0.1, 0.15) is 32.6 Å². The van der Waals surface area contributed by atoms with Crippen LogP contribution in [0.3, 0.4) is 0 Å². The van der Waals surface area contributed by atoms with Gasteiger partial charge in [0.1, 0.15) is 0 Å². The molecule has 0 aromatic heterocycles. The van der Waals surface area contributed by atoms with E-state index in [4.69, 9.17) is 5.26 Å². The van der Waals surface area contributed by atoms with Gasteiger partial charge in [-0.25, -0.2) is 0 Å². The third kappa shape index (κ3) is 1.98. The van der Waals surface area contributed by atoms with E-state index in [2.05, 4.69) is 24.9 Å². The highest BCUT2D eigenvalue weighted by Gasteiger charge is 2.37. The number of nitriles is 1. The molecule has 0 bridgehead atoms. The Kier molecular flexibility index (Phi) is 3.11. The summed E-state index contributed by atoms with van der Waals surface area (Å²) in [6.45, 7) is 4.26. The molecule has 1 saturated carbocycles. The van der Waals surface area contributed by atoms with Crippen molar-refractivity contribution in [2.24, 2.45) is 5.41 Å². The molecule has 0 spiro atoms. The minimum atomic E-state index is 0.0178. The standard InChI is InChI=1S/C10H18N2/c1-3-7-12(2)9-10(8-11)5-4-6-10/h3-7,9H2,1-2H3. The van der Waals surface area contributed by atoms with Gasteiger partial charge in [-0.1, -0.05) is 13.3 Å². The van der Waals surface area contributed by atoms with Crippen molar-refractivity contribution in [3.05, 3.63) is 0 Å². The van der Waals surface area contributed by atoms with Crippen LogP contribution in [0.5, 0.6) is 0 Å². The van der Waals surface area contributed by atoms with Crippen LogP contribution in [0.15, 0.2) is 0 Å². The molecular formula is C10H18N2. The lowest BCUT2D eigenvalue weighted by atomic mass is 9.70. The summed E-state index contributed by atoms with van der Waals surface area (Å²) in [5.74, 6) is 0. The van der Waals surface area contributed by atoms with E-state index < -0.39 is 0 Å². The Morgan fingerprint density at radius 1 is 1.50 bits per heavy atom. The summed E-state index contributed by atoms with van der Waals surface area (Å²) in [5, 5.41) is 8.98. The molecule has 1 fully saturated rings. The lowest BCUT2D eigenvalue weighted by Crippen LogP contribution is -2.39. The Morgan fingerprint density at radius 3 is 2.50 bits per heavy atom. The first-order chi connectivity index (χ1) is 5.72. The Bertz CT molecular complexity index is 177. The van der Waals surface area contributed by atoms with Crippen LogP contribution < -0.4 is 0 Å². The van der Waals surface area contributed by atoms with Crippen LogP contribution in [-0.4, -0.2) is 25.0 Å². The highest BCUT2D eigenvalue weighted by Crippen LogP contribution is 2.40. The van der Waals surface area contributed by atoms with Crippen molar-refractivity contribution in [2.45, 2.75) is 32.6 Å². The molecule has 1 aliphatic carbocycles. The van der Waals surface area contributed by atoms with Gasteiger partial charge in [0.05, 0.1) is 11.5 Å². The van der Waals surface area contributed by atoms with Crippen molar-refractivity contribution >= 4 is 0 Å². The van der Waals surface area contributed by atoms with E-state index in [1.54, 1.807) is 0 Å². The van der Waals surface area contributed by atoms with E-state index in [-0.39, 0.29) is 5.41 Å². The topological polar surface area (TPSA) is 27.0 Å². The van der Waals surface area contributed by atoms with E-state index in [9.17, 15) is 0 Å². The van der Waals surface area contributed by atoms with Crippen LogP contribution in [0, 0.1) is 16.7 Å². The van der Waals surface area contributed by atoms with Crippen molar-refractivity contribution in [1.82, 2.24) is 4.90 Å². The molecule has 0 atom stereocenters. The second-order valence-corrected chi connectivity index (χ2v) is 3.98. The van der Waals surface area contributed by atoms with Crippen LogP contribution in [0.4, 0.5) is 0 Å². The molecule has 0 aromatic carbocycles. The van der Waals surface area contributed by atoms with Crippen molar-refractivity contribution < 1.29 is 0 Å². The first-order valence-corrected chi connectivity index (χ1v) is 4.82. The highest BCUT2D eigenvalue weighted by atomic mass is 15.1. The number of rotatable bonds is 4. The molecular weight excluding hydrogens is 148 g/mol. The molecule has 2 heteroatoms. The van der Waals surface area contributed by atoms with E-state index >= 15 is 0 Å². The maximum Gasteiger partial charge on any atom is 0.0703 e. The monoisotopic (exact) mass is 166 g/mol. The Hall–Kier alpha value is -0.550. The summed E-state index contributed by atoms with van der Waals surface area (Å²) in [4.78, 5) is 2.28. The van der Waals surface area contributed by atoms with E-state index in [0.717, 1.165) is 25.9 Å². The van der Waals surface area contributed by atoms with E-state index in [1.165, 1.54) is 12.8 Å². The van der Waals surface area contributed by atoms with Gasteiger partial charge in [-0.05, 0) is 32.9 Å². The third-order valence-electron chi connectivity index (χ3n) is 2.73. The van der Waals surface area contributed by atoms with Gasteiger partial charge in [0, 0.05) is 6.54 Å². The van der Waals surface area contributed by atoms with Gasteiger partial charge >= 0.3 is 0 Å². The molecule has 0 radical (unpaired) electrons. The van der Waals surface area contributed by atoms with Gasteiger partial charge in [-0.3, -0.25) is 0 Å². The van der Waals surface area contributed by atoms with Crippen LogP contribution in [0.25, 0.3) is 0 Å². The van der Waals surface area contributed by atoms with Crippen LogP contribution >= 0.6 is 0 Å². The molecule has 12 heavy (non-hydrogen) atoms. The minimum absolute atomic E-state index is 0.0178. The van der Waals surface area contributed by atoms with Gasteiger partial charge < -0.3 is 4.90 Å². The molecule has 1 aliphatic rings. The zero-order valence-electron chi connectivity index (χ0n) is 8.14. The second kappa shape index (κ2) is 3.91. The minimum Gasteiger partial charge on any atom is -0.305 e. The van der Waals surface area contributed by atoms with Gasteiger partial charge in [-0.2, -0.15) is 5.26 Å². The quantitative estimate of drug-likeness (QED) is 0.639. The summed E-state index contributed by atoms with van der Waals surface area (Å²) < 4.78 is 0. The predicted octanol–water partition coefficient (Wildman–Crippen LogP) is 2.02. The molecule has 0 aliphatic heterocycles. The van der Waals surface area contributed by atoms with E-state index in [0.29, 0.717) is 0 Å². The van der Waals surface area contributed by atoms with Gasteiger partial charge in [0.25, 0.3) is 0 Å². The molecule has 0 heterocycles. The number of nitrogens with zero attached hydrogens (tertiary/aromatic N) is 2. The summed E-state index contributed by atoms with van der Waals surface area (Å²) in [5.41, 5.74) is 0.0178. The average molecular weight is 166 g/mol. The fourth-order valence-electron chi connectivity index (χ4n) is 1.89. The first kappa shape index (κ1) is 9.54. The lowest BCUT2D eigenvalue weighted by molar-refractivity contribution is 0.138. The Balaban J connectivity index is 2.33. The van der Waals surface area contributed by atoms with Gasteiger partial charge in [-0.15, -0.1) is 0 Å². The predicted molar refractivity (Wildman–Crippen MR) is 49.7 cm³/mol. The fraction of sp³-hybridized carbons (Fsp3) is 0.900. The Labute approximate surface area is 75.2 Å². The SMILES string of the molecule is CCCN(C)CC1(C#N)CCC1. The zero-order chi connectivity index (χ0) is 9.03. The van der Waals surface area contributed by atoms with Crippen LogP contribution in [0.2, 0.25) is 0 Å². The van der Waals surface area contributed by atoms with E-state index in [1.807, 2.05) is 0 Å². The normalized spacial score (nSPS) is 20.2. The third-order valence-corrected chi connectivity index (χ3v) is 2.73. The van der Waals surface area contributed by atoms with Gasteiger partial charge in [0.2, 0.25) is 0 Å². The summed E-state index contributed by atoms with van der Waals surface area (Å²) in [6.07, 6.45) is 4.64. The van der Waals surface area contributed by atoms with Gasteiger partial charge in [0.15, 0.2) is 0 Å². The molecule has 68 valence electrons. The lowest BCUT2D eigenvalue weighted by Gasteiger charge is -2.38. The maximum absolute atomic E-state index is 8.98. The summed E-state index contributed by atoms with van der Waals surface area (Å²) >= 11 is 0. The molecule has 0 unspecified atom stereocenters. The van der Waals surface area contributed by atoms with Crippen LogP contribution in [-0.2, 0) is 0 Å². The highest BCUT2D eigenvalue weighted by molar-refractivity contribution is 5.05. The molecule has 0 amide bonds. The number of hydrogen-bond donors (Lipinski definition) is 0. The summed E-state index contributed by atoms with van der Waals surface area (Å²) in [7, 11) is 2.11. The molecule has 0 aromatic rings. The maximum atomic E-state index is 8.98. The van der Waals surface area contributed by atoms with Crippen molar-refractivity contribution in [3.63, 3.8) is 0 Å². The first-order valence-electron chi connectivity index (χ1n) is 4.82.